The van der Waals surface area contributed by atoms with Crippen LogP contribution >= 0.6 is 0 Å². The van der Waals surface area contributed by atoms with Gasteiger partial charge < -0.3 is 24.0 Å². The number of hydrogen-bond donors (Lipinski definition) is 2. The van der Waals surface area contributed by atoms with Gasteiger partial charge in [0.15, 0.2) is 23.4 Å². The third-order valence-electron chi connectivity index (χ3n) is 8.83. The van der Waals surface area contributed by atoms with E-state index in [2.05, 4.69) is 10.7 Å². The van der Waals surface area contributed by atoms with Crippen LogP contribution in [0.2, 0.25) is 0 Å². The molecule has 47 heavy (non-hydrogen) atoms. The summed E-state index contributed by atoms with van der Waals surface area (Å²) in [6, 6.07) is 9.32. The van der Waals surface area contributed by atoms with Gasteiger partial charge in [-0.1, -0.05) is 5.59 Å². The number of nitrogens with one attached hydrogen (secondary N) is 1. The molecule has 3 aromatic heterocycles. The molecule has 0 saturated carbocycles. The summed E-state index contributed by atoms with van der Waals surface area (Å²) in [5.74, 6) is -0.866. The van der Waals surface area contributed by atoms with Crippen LogP contribution in [0.1, 0.15) is 61.4 Å². The molecule has 0 amide bonds. The maximum atomic E-state index is 15.8. The molecule has 0 spiro atoms. The largest absolute Gasteiger partial charge is 0.490 e. The molecule has 11 nitrogen and oxygen atoms in total. The van der Waals surface area contributed by atoms with Gasteiger partial charge >= 0.3 is 5.97 Å². The molecule has 7 rings (SSSR count). The molecule has 5 aromatic rings. The molecule has 0 fully saturated rings. The molecule has 244 valence electrons. The van der Waals surface area contributed by atoms with Crippen LogP contribution < -0.4 is 15.3 Å². The number of aromatic nitrogens is 4. The zero-order valence-electron chi connectivity index (χ0n) is 27.4. The number of nitrogens with zero attached hydrogens (tertiary/aromatic N) is 5. The number of ether oxygens (including phenoxy) is 2. The number of carboxylic acids is 1. The quantitative estimate of drug-likeness (QED) is 0.217. The molecule has 2 aliphatic rings. The minimum absolute atomic E-state index is 0.260. The monoisotopic (exact) mass is 640 g/mol. The fourth-order valence-electron chi connectivity index (χ4n) is 6.62. The molecule has 12 heteroatoms. The Morgan fingerprint density at radius 2 is 1.96 bits per heavy atom. The Hall–Kier alpha value is -4.94. The van der Waals surface area contributed by atoms with Crippen molar-refractivity contribution in [1.82, 2.24) is 24.9 Å². The lowest BCUT2D eigenvalue weighted by Gasteiger charge is -2.29. The van der Waals surface area contributed by atoms with E-state index in [0.29, 0.717) is 57.9 Å². The number of halogens is 1. The molecule has 0 bridgehead atoms. The standard InChI is InChI=1S/C35H37FN6O5/c1-18-22-9-8-12-45-31(22)25(36)14-23(18)30-24-15-27(28-17-42(39-47-28)21-10-11-26-20(13-21)16-37-41(26)7)40(6)33(24)38-19(2)29(30)32(34(43)44)46-35(3,4)5/h10-11,13-17,32,39H,8-9,12H2,1-7H3,(H,43,44). The molecule has 1 atom stereocenters. The normalized spacial score (nSPS) is 15.5. The second kappa shape index (κ2) is 11.1. The van der Waals surface area contributed by atoms with Gasteiger partial charge in [0.25, 0.3) is 0 Å². The fourth-order valence-corrected chi connectivity index (χ4v) is 6.62. The van der Waals surface area contributed by atoms with E-state index in [4.69, 9.17) is 19.3 Å². The van der Waals surface area contributed by atoms with Crippen molar-refractivity contribution in [2.75, 3.05) is 11.6 Å². The van der Waals surface area contributed by atoms with Gasteiger partial charge in [-0.15, -0.1) is 0 Å². The van der Waals surface area contributed by atoms with Gasteiger partial charge in [-0.2, -0.15) is 5.10 Å². The third-order valence-corrected chi connectivity index (χ3v) is 8.83. The zero-order chi connectivity index (χ0) is 33.4. The van der Waals surface area contributed by atoms with Crippen molar-refractivity contribution >= 4 is 39.4 Å². The number of hydrogen-bond acceptors (Lipinski definition) is 8. The Balaban J connectivity index is 1.44. The lowest BCUT2D eigenvalue weighted by Crippen LogP contribution is -2.28. The molecule has 0 aliphatic carbocycles. The highest BCUT2D eigenvalue weighted by atomic mass is 19.1. The fraction of sp³-hybridized carbons (Fsp3) is 0.343. The molecule has 2 aliphatic heterocycles. The summed E-state index contributed by atoms with van der Waals surface area (Å²) in [4.78, 5) is 23.8. The van der Waals surface area contributed by atoms with Gasteiger partial charge in [0, 0.05) is 47.3 Å². The van der Waals surface area contributed by atoms with Crippen molar-refractivity contribution in [3.05, 3.63) is 76.6 Å². The molecule has 0 radical (unpaired) electrons. The number of carboxylic acid groups (broad SMARTS) is 1. The number of anilines is 1. The van der Waals surface area contributed by atoms with Crippen LogP contribution in [0.3, 0.4) is 0 Å². The molecular formula is C35H37FN6O5. The van der Waals surface area contributed by atoms with E-state index in [1.54, 1.807) is 32.7 Å². The second-order valence-electron chi connectivity index (χ2n) is 13.1. The SMILES string of the molecule is Cc1nc2c(cc(C3=CN(c4ccc5c(cnn5C)c4)NO3)n2C)c(-c2cc(F)c3c(c2C)CCCO3)c1C(OC(C)(C)C)C(=O)O. The van der Waals surface area contributed by atoms with Crippen LogP contribution in [0.15, 0.2) is 42.7 Å². The molecular weight excluding hydrogens is 603 g/mol. The Kier molecular flexibility index (Phi) is 7.25. The summed E-state index contributed by atoms with van der Waals surface area (Å²) in [7, 11) is 3.77. The van der Waals surface area contributed by atoms with Crippen LogP contribution in [0, 0.1) is 19.7 Å². The number of aliphatic carboxylic acids is 1. The maximum Gasteiger partial charge on any atom is 0.337 e. The smallest absolute Gasteiger partial charge is 0.337 e. The number of rotatable bonds is 6. The summed E-state index contributed by atoms with van der Waals surface area (Å²) in [6.07, 6.45) is 3.70. The van der Waals surface area contributed by atoms with Crippen molar-refractivity contribution in [2.24, 2.45) is 14.1 Å². The summed E-state index contributed by atoms with van der Waals surface area (Å²) in [6.45, 7) is 9.57. The Labute approximate surface area is 271 Å². The Morgan fingerprint density at radius 3 is 2.70 bits per heavy atom. The van der Waals surface area contributed by atoms with Gasteiger partial charge in [0.2, 0.25) is 0 Å². The predicted octanol–water partition coefficient (Wildman–Crippen LogP) is 6.40. The summed E-state index contributed by atoms with van der Waals surface area (Å²) in [5, 5.41) is 18.2. The van der Waals surface area contributed by atoms with Gasteiger partial charge in [-0.05, 0) is 88.9 Å². The first kappa shape index (κ1) is 30.7. The van der Waals surface area contributed by atoms with Crippen molar-refractivity contribution in [2.45, 2.75) is 59.2 Å². The third kappa shape index (κ3) is 5.17. The van der Waals surface area contributed by atoms with Crippen LogP contribution in [0.4, 0.5) is 10.1 Å². The molecule has 5 heterocycles. The van der Waals surface area contributed by atoms with E-state index in [-0.39, 0.29) is 5.75 Å². The lowest BCUT2D eigenvalue weighted by atomic mass is 9.86. The number of carbonyl (C=O) groups is 1. The topological polar surface area (TPSA) is 116 Å². The van der Waals surface area contributed by atoms with Crippen LogP contribution in [-0.2, 0) is 34.9 Å². The maximum absolute atomic E-state index is 15.8. The highest BCUT2D eigenvalue weighted by Gasteiger charge is 2.35. The van der Waals surface area contributed by atoms with E-state index in [1.165, 1.54) is 6.07 Å². The Morgan fingerprint density at radius 1 is 1.17 bits per heavy atom. The highest BCUT2D eigenvalue weighted by molar-refractivity contribution is 6.00. The minimum Gasteiger partial charge on any atom is -0.490 e. The Bertz CT molecular complexity index is 2130. The van der Waals surface area contributed by atoms with E-state index in [9.17, 15) is 9.90 Å². The summed E-state index contributed by atoms with van der Waals surface area (Å²) < 4.78 is 31.4. The van der Waals surface area contributed by atoms with Crippen molar-refractivity contribution in [3.8, 4) is 16.9 Å². The molecule has 0 saturated heterocycles. The average Bonchev–Trinajstić information content (AvgIpc) is 3.74. The zero-order valence-corrected chi connectivity index (χ0v) is 27.4. The summed E-state index contributed by atoms with van der Waals surface area (Å²) in [5.41, 5.74) is 8.89. The minimum atomic E-state index is -1.36. The lowest BCUT2D eigenvalue weighted by molar-refractivity contribution is -0.160. The number of fused-ring (bicyclic) bond motifs is 3. The number of hydrazine groups is 1. The first-order chi connectivity index (χ1) is 22.3. The van der Waals surface area contributed by atoms with Crippen LogP contribution in [0.5, 0.6) is 5.75 Å². The number of benzene rings is 2. The van der Waals surface area contributed by atoms with E-state index >= 15 is 4.39 Å². The van der Waals surface area contributed by atoms with Gasteiger partial charge in [-0.3, -0.25) is 4.68 Å². The molecule has 1 unspecified atom stereocenters. The van der Waals surface area contributed by atoms with Crippen LogP contribution in [0.25, 0.3) is 38.8 Å². The second-order valence-corrected chi connectivity index (χ2v) is 13.1. The van der Waals surface area contributed by atoms with Crippen molar-refractivity contribution < 1.29 is 28.6 Å². The van der Waals surface area contributed by atoms with Crippen LogP contribution in [-0.4, -0.2) is 42.6 Å². The molecule has 2 aromatic carbocycles. The predicted molar refractivity (Wildman–Crippen MR) is 176 cm³/mol. The van der Waals surface area contributed by atoms with Gasteiger partial charge in [0.1, 0.15) is 5.65 Å². The van der Waals surface area contributed by atoms with Crippen molar-refractivity contribution in [1.29, 1.82) is 0 Å². The van der Waals surface area contributed by atoms with Crippen molar-refractivity contribution in [3.63, 3.8) is 0 Å². The van der Waals surface area contributed by atoms with E-state index in [1.807, 2.05) is 66.9 Å². The molecule has 2 N–H and O–H groups in total. The number of aryl methyl sites for hydroxylation is 3. The van der Waals surface area contributed by atoms with Gasteiger partial charge in [-0.25, -0.2) is 19.2 Å². The highest BCUT2D eigenvalue weighted by Crippen LogP contribution is 2.45. The first-order valence-corrected chi connectivity index (χ1v) is 15.5. The first-order valence-electron chi connectivity index (χ1n) is 15.5. The number of pyridine rings is 1. The van der Waals surface area contributed by atoms with E-state index in [0.717, 1.165) is 34.1 Å². The average molecular weight is 641 g/mol. The van der Waals surface area contributed by atoms with E-state index < -0.39 is 23.5 Å². The van der Waals surface area contributed by atoms with Gasteiger partial charge in [0.05, 0.1) is 41.5 Å². The summed E-state index contributed by atoms with van der Waals surface area (Å²) >= 11 is 0.